The molecule has 2 aliphatic rings. The van der Waals surface area contributed by atoms with Gasteiger partial charge in [-0.2, -0.15) is 0 Å². The van der Waals surface area contributed by atoms with Gasteiger partial charge in [-0.05, 0) is 12.5 Å². The van der Waals surface area contributed by atoms with Crippen LogP contribution in [0.1, 0.15) is 5.01 Å². The Kier molecular flexibility index (Phi) is 4.40. The standard InChI is InChI=1S/C12H14N4O4S3/c1-5-14-15-11(23-5)22-4-6-3-21-10-12(13,20-2)9(19)16(10)7(6)8(17)18/h10H,3-4,13H2,1-2H3,(H,17,18). The van der Waals surface area contributed by atoms with Crippen LogP contribution < -0.4 is 5.73 Å². The zero-order valence-corrected chi connectivity index (χ0v) is 14.8. The third-order valence-electron chi connectivity index (χ3n) is 3.56. The van der Waals surface area contributed by atoms with Gasteiger partial charge >= 0.3 is 5.97 Å². The molecule has 0 bridgehead atoms. The Morgan fingerprint density at radius 2 is 2.35 bits per heavy atom. The third-order valence-corrected chi connectivity index (χ3v) is 7.01. The van der Waals surface area contributed by atoms with Gasteiger partial charge in [0.25, 0.3) is 5.91 Å². The lowest BCUT2D eigenvalue weighted by atomic mass is 10.00. The number of nitrogens with zero attached hydrogens (tertiary/aromatic N) is 3. The van der Waals surface area contributed by atoms with E-state index in [-0.39, 0.29) is 5.70 Å². The highest BCUT2D eigenvalue weighted by molar-refractivity contribution is 8.01. The molecule has 1 fully saturated rings. The first kappa shape index (κ1) is 16.7. The molecule has 0 saturated carbocycles. The molecule has 0 spiro atoms. The topological polar surface area (TPSA) is 119 Å². The molecule has 3 N–H and O–H groups in total. The number of carboxylic acid groups (broad SMARTS) is 1. The number of aliphatic carboxylic acids is 1. The Hall–Kier alpha value is -1.14. The first-order valence-corrected chi connectivity index (χ1v) is 9.41. The van der Waals surface area contributed by atoms with Crippen LogP contribution in [0.15, 0.2) is 15.6 Å². The molecular weight excluding hydrogens is 360 g/mol. The van der Waals surface area contributed by atoms with Gasteiger partial charge in [-0.3, -0.25) is 15.4 Å². The molecule has 0 aromatic carbocycles. The molecular formula is C12H14N4O4S3. The van der Waals surface area contributed by atoms with Crippen LogP contribution in [0, 0.1) is 6.92 Å². The molecule has 23 heavy (non-hydrogen) atoms. The summed E-state index contributed by atoms with van der Waals surface area (Å²) in [6.07, 6.45) is 0. The van der Waals surface area contributed by atoms with Crippen LogP contribution in [0.3, 0.4) is 0 Å². The number of nitrogens with two attached hydrogens (primary N) is 1. The molecule has 2 aliphatic heterocycles. The fourth-order valence-corrected chi connectivity index (χ4v) is 5.75. The summed E-state index contributed by atoms with van der Waals surface area (Å²) >= 11 is 4.27. The first-order valence-electron chi connectivity index (χ1n) is 6.56. The van der Waals surface area contributed by atoms with Crippen molar-refractivity contribution in [3.05, 3.63) is 16.3 Å². The summed E-state index contributed by atoms with van der Waals surface area (Å²) in [5.41, 5.74) is 5.13. The van der Waals surface area contributed by atoms with Crippen molar-refractivity contribution in [2.45, 2.75) is 22.4 Å². The van der Waals surface area contributed by atoms with Crippen molar-refractivity contribution in [2.24, 2.45) is 5.73 Å². The number of thioether (sulfide) groups is 2. The highest BCUT2D eigenvalue weighted by atomic mass is 32.2. The predicted molar refractivity (Wildman–Crippen MR) is 87.1 cm³/mol. The van der Waals surface area contributed by atoms with Crippen molar-refractivity contribution >= 4 is 46.7 Å². The molecule has 1 saturated heterocycles. The molecule has 2 unspecified atom stereocenters. The van der Waals surface area contributed by atoms with Gasteiger partial charge in [0, 0.05) is 18.6 Å². The lowest BCUT2D eigenvalue weighted by Gasteiger charge is -2.54. The van der Waals surface area contributed by atoms with Crippen LogP contribution >= 0.6 is 34.9 Å². The summed E-state index contributed by atoms with van der Waals surface area (Å²) in [7, 11) is 1.35. The number of aromatic nitrogens is 2. The van der Waals surface area contributed by atoms with E-state index in [1.165, 1.54) is 46.9 Å². The van der Waals surface area contributed by atoms with Crippen LogP contribution in [0.5, 0.6) is 0 Å². The summed E-state index contributed by atoms with van der Waals surface area (Å²) in [6.45, 7) is 1.86. The number of aryl methyl sites for hydroxylation is 1. The van der Waals surface area contributed by atoms with Gasteiger partial charge in [-0.15, -0.1) is 22.0 Å². The summed E-state index contributed by atoms with van der Waals surface area (Å²) in [4.78, 5) is 25.1. The number of carbonyl (C=O) groups excluding carboxylic acids is 1. The zero-order chi connectivity index (χ0) is 16.8. The van der Waals surface area contributed by atoms with E-state index in [1.54, 1.807) is 0 Å². The number of hydrogen-bond donors (Lipinski definition) is 2. The van der Waals surface area contributed by atoms with E-state index < -0.39 is 23.0 Å². The minimum atomic E-state index is -1.44. The number of methoxy groups -OCH3 is 1. The number of rotatable bonds is 5. The monoisotopic (exact) mass is 374 g/mol. The second-order valence-electron chi connectivity index (χ2n) is 4.97. The molecule has 11 heteroatoms. The lowest BCUT2D eigenvalue weighted by Crippen LogP contribution is -2.78. The minimum absolute atomic E-state index is 0.00520. The van der Waals surface area contributed by atoms with Gasteiger partial charge in [0.15, 0.2) is 4.34 Å². The maximum absolute atomic E-state index is 12.2. The van der Waals surface area contributed by atoms with Gasteiger partial charge in [0.2, 0.25) is 5.72 Å². The van der Waals surface area contributed by atoms with E-state index >= 15 is 0 Å². The molecule has 3 heterocycles. The van der Waals surface area contributed by atoms with Crippen LogP contribution in [0.2, 0.25) is 0 Å². The normalized spacial score (nSPS) is 27.0. The van der Waals surface area contributed by atoms with E-state index in [2.05, 4.69) is 10.2 Å². The van der Waals surface area contributed by atoms with Gasteiger partial charge in [0.05, 0.1) is 0 Å². The number of carbonyl (C=O) groups is 2. The van der Waals surface area contributed by atoms with Crippen LogP contribution in [-0.4, -0.2) is 61.8 Å². The Morgan fingerprint density at radius 3 is 2.91 bits per heavy atom. The summed E-state index contributed by atoms with van der Waals surface area (Å²) in [5, 5.41) is 17.8. The van der Waals surface area contributed by atoms with Crippen LogP contribution in [-0.2, 0) is 14.3 Å². The molecule has 1 aromatic heterocycles. The maximum atomic E-state index is 12.2. The quantitative estimate of drug-likeness (QED) is 0.431. The largest absolute Gasteiger partial charge is 0.477 e. The lowest BCUT2D eigenvalue weighted by molar-refractivity contribution is -0.182. The molecule has 0 aliphatic carbocycles. The highest BCUT2D eigenvalue weighted by Crippen LogP contribution is 2.46. The number of carboxylic acids is 1. The fraction of sp³-hybridized carbons (Fsp3) is 0.500. The van der Waals surface area contributed by atoms with Crippen molar-refractivity contribution < 1.29 is 19.4 Å². The first-order chi connectivity index (χ1) is 10.9. The SMILES string of the molecule is COC1(N)C(=O)N2C(C(=O)O)=C(CSc3nnc(C)s3)CSC21. The molecule has 1 aromatic rings. The average Bonchev–Trinajstić information content (AvgIpc) is 2.95. The third kappa shape index (κ3) is 2.66. The Bertz CT molecular complexity index is 706. The van der Waals surface area contributed by atoms with Gasteiger partial charge in [0.1, 0.15) is 16.1 Å². The molecule has 2 atom stereocenters. The van der Waals surface area contributed by atoms with Gasteiger partial charge < -0.3 is 9.84 Å². The number of amides is 1. The van der Waals surface area contributed by atoms with Crippen molar-refractivity contribution in [3.63, 3.8) is 0 Å². The van der Waals surface area contributed by atoms with E-state index in [1.807, 2.05) is 6.92 Å². The maximum Gasteiger partial charge on any atom is 0.352 e. The number of fused-ring (bicyclic) bond motifs is 1. The zero-order valence-electron chi connectivity index (χ0n) is 12.3. The van der Waals surface area contributed by atoms with E-state index in [0.29, 0.717) is 17.1 Å². The fourth-order valence-electron chi connectivity index (χ4n) is 2.40. The van der Waals surface area contributed by atoms with Crippen molar-refractivity contribution in [1.82, 2.24) is 15.1 Å². The highest BCUT2D eigenvalue weighted by Gasteiger charge is 2.63. The molecule has 8 nitrogen and oxygen atoms in total. The molecule has 3 rings (SSSR count). The van der Waals surface area contributed by atoms with Crippen molar-refractivity contribution in [1.29, 1.82) is 0 Å². The van der Waals surface area contributed by atoms with E-state index in [9.17, 15) is 14.7 Å². The Balaban J connectivity index is 1.83. The van der Waals surface area contributed by atoms with E-state index in [0.717, 1.165) is 9.35 Å². The minimum Gasteiger partial charge on any atom is -0.477 e. The smallest absolute Gasteiger partial charge is 0.352 e. The predicted octanol–water partition coefficient (Wildman–Crippen LogP) is 0.494. The summed E-state index contributed by atoms with van der Waals surface area (Å²) < 4.78 is 5.85. The van der Waals surface area contributed by atoms with Gasteiger partial charge in [-0.1, -0.05) is 23.1 Å². The Morgan fingerprint density at radius 1 is 1.61 bits per heavy atom. The molecule has 124 valence electrons. The van der Waals surface area contributed by atoms with E-state index in [4.69, 9.17) is 10.5 Å². The number of β-lactam (4-membered cyclic amide) rings is 1. The van der Waals surface area contributed by atoms with Crippen LogP contribution in [0.4, 0.5) is 0 Å². The van der Waals surface area contributed by atoms with Crippen molar-refractivity contribution in [3.8, 4) is 0 Å². The molecule has 1 amide bonds. The number of hydrogen-bond acceptors (Lipinski definition) is 9. The van der Waals surface area contributed by atoms with Crippen molar-refractivity contribution in [2.75, 3.05) is 18.6 Å². The second kappa shape index (κ2) is 6.06. The average molecular weight is 374 g/mol. The van der Waals surface area contributed by atoms with Crippen LogP contribution in [0.25, 0.3) is 0 Å². The summed E-state index contributed by atoms with van der Waals surface area (Å²) in [5.74, 6) is -0.747. The van der Waals surface area contributed by atoms with Gasteiger partial charge in [-0.25, -0.2) is 4.79 Å². The number of ether oxygens (including phenoxy) is 1. The summed E-state index contributed by atoms with van der Waals surface area (Å²) in [6, 6.07) is 0. The Labute approximate surface area is 144 Å². The second-order valence-corrected chi connectivity index (χ2v) is 8.44. The molecule has 0 radical (unpaired) electrons.